The number of hydrogen-bond donors (Lipinski definition) is 4. The van der Waals surface area contributed by atoms with E-state index >= 15 is 0 Å². The van der Waals surface area contributed by atoms with Crippen LogP contribution in [-0.2, 0) is 14.8 Å². The summed E-state index contributed by atoms with van der Waals surface area (Å²) in [5, 5.41) is 18.3. The van der Waals surface area contributed by atoms with Gasteiger partial charge in [0.15, 0.2) is 0 Å². The Morgan fingerprint density at radius 3 is 2.45 bits per heavy atom. The van der Waals surface area contributed by atoms with Gasteiger partial charge in [-0.1, -0.05) is 0 Å². The van der Waals surface area contributed by atoms with E-state index in [-0.39, 0.29) is 23.4 Å². The van der Waals surface area contributed by atoms with E-state index in [1.165, 1.54) is 6.92 Å². The van der Waals surface area contributed by atoms with Crippen LogP contribution in [0.25, 0.3) is 0 Å². The van der Waals surface area contributed by atoms with E-state index < -0.39 is 33.2 Å². The number of carbonyl (C=O) groups is 2. The van der Waals surface area contributed by atoms with Crippen LogP contribution in [0.1, 0.15) is 22.3 Å². The van der Waals surface area contributed by atoms with Crippen molar-refractivity contribution in [2.24, 2.45) is 5.73 Å². The van der Waals surface area contributed by atoms with E-state index in [9.17, 15) is 23.1 Å². The van der Waals surface area contributed by atoms with Crippen molar-refractivity contribution in [3.05, 3.63) is 23.3 Å². The molecule has 0 saturated heterocycles. The Bertz CT molecular complexity index is 653. The molecule has 0 aromatic heterocycles. The van der Waals surface area contributed by atoms with Gasteiger partial charge in [0.2, 0.25) is 15.9 Å². The first-order valence-electron chi connectivity index (χ1n) is 5.50. The number of sulfonamides is 1. The molecule has 20 heavy (non-hydrogen) atoms. The van der Waals surface area contributed by atoms with Gasteiger partial charge < -0.3 is 15.9 Å². The summed E-state index contributed by atoms with van der Waals surface area (Å²) in [7, 11) is -3.99. The summed E-state index contributed by atoms with van der Waals surface area (Å²) in [4.78, 5) is 21.2. The van der Waals surface area contributed by atoms with Gasteiger partial charge in [-0.05, 0) is 24.6 Å². The van der Waals surface area contributed by atoms with Gasteiger partial charge in [-0.15, -0.1) is 0 Å². The van der Waals surface area contributed by atoms with Gasteiger partial charge in [0, 0.05) is 13.0 Å². The zero-order chi connectivity index (χ0) is 15.5. The number of amides is 1. The van der Waals surface area contributed by atoms with Crippen LogP contribution < -0.4 is 10.5 Å². The molecule has 5 N–H and O–H groups in total. The van der Waals surface area contributed by atoms with Gasteiger partial charge in [-0.25, -0.2) is 17.9 Å². The van der Waals surface area contributed by atoms with Gasteiger partial charge in [0.25, 0.3) is 0 Å². The molecular weight excluding hydrogens is 288 g/mol. The number of carboxylic acid groups (broad SMARTS) is 1. The van der Waals surface area contributed by atoms with Gasteiger partial charge >= 0.3 is 5.97 Å². The van der Waals surface area contributed by atoms with E-state index in [4.69, 9.17) is 10.8 Å². The highest BCUT2D eigenvalue weighted by Crippen LogP contribution is 2.25. The number of rotatable bonds is 6. The number of benzene rings is 1. The summed E-state index contributed by atoms with van der Waals surface area (Å²) in [6, 6.07) is 1.91. The summed E-state index contributed by atoms with van der Waals surface area (Å²) >= 11 is 0. The highest BCUT2D eigenvalue weighted by atomic mass is 32.2. The normalized spacial score (nSPS) is 11.2. The maximum Gasteiger partial charge on any atom is 0.339 e. The van der Waals surface area contributed by atoms with Crippen LogP contribution >= 0.6 is 0 Å². The van der Waals surface area contributed by atoms with Crippen molar-refractivity contribution in [1.29, 1.82) is 0 Å². The number of hydrogen-bond acceptors (Lipinski definition) is 5. The van der Waals surface area contributed by atoms with Crippen molar-refractivity contribution in [2.45, 2.75) is 18.2 Å². The number of primary amides is 1. The maximum absolute atomic E-state index is 12.0. The standard InChI is InChI=1S/C11H14N2O6S/c1-6-4-8(14)7(11(16)17)5-9(6)20(18,19)13-3-2-10(12)15/h4-5,13-14H,2-3H2,1H3,(H2,12,15)(H,16,17). The molecule has 0 aliphatic rings. The molecule has 0 atom stereocenters. The lowest BCUT2D eigenvalue weighted by Gasteiger charge is -2.10. The SMILES string of the molecule is Cc1cc(O)c(C(=O)O)cc1S(=O)(=O)NCCC(N)=O. The van der Waals surface area contributed by atoms with Crippen molar-refractivity contribution in [2.75, 3.05) is 6.54 Å². The molecule has 1 aromatic carbocycles. The van der Waals surface area contributed by atoms with Crippen molar-refractivity contribution in [1.82, 2.24) is 4.72 Å². The molecule has 1 rings (SSSR count). The zero-order valence-electron chi connectivity index (χ0n) is 10.6. The van der Waals surface area contributed by atoms with Crippen molar-refractivity contribution in [3.63, 3.8) is 0 Å². The third-order valence-corrected chi connectivity index (χ3v) is 4.08. The van der Waals surface area contributed by atoms with E-state index in [0.717, 1.165) is 12.1 Å². The summed E-state index contributed by atoms with van der Waals surface area (Å²) in [6.07, 6.45) is -0.178. The number of aryl methyl sites for hydroxylation is 1. The average molecular weight is 302 g/mol. The Morgan fingerprint density at radius 1 is 1.35 bits per heavy atom. The molecule has 0 aliphatic carbocycles. The minimum absolute atomic E-state index is 0.178. The van der Waals surface area contributed by atoms with Gasteiger partial charge in [0.1, 0.15) is 11.3 Å². The Morgan fingerprint density at radius 2 is 1.95 bits per heavy atom. The second-order valence-corrected chi connectivity index (χ2v) is 5.79. The van der Waals surface area contributed by atoms with Crippen LogP contribution in [0, 0.1) is 6.92 Å². The van der Waals surface area contributed by atoms with E-state index in [1.54, 1.807) is 0 Å². The van der Waals surface area contributed by atoms with Gasteiger partial charge in [-0.3, -0.25) is 4.79 Å². The molecular formula is C11H14N2O6S. The van der Waals surface area contributed by atoms with E-state index in [0.29, 0.717) is 0 Å². The number of phenols is 1. The second-order valence-electron chi connectivity index (χ2n) is 4.05. The molecule has 110 valence electrons. The third kappa shape index (κ3) is 3.68. The summed E-state index contributed by atoms with van der Waals surface area (Å²) in [6.45, 7) is 1.22. The lowest BCUT2D eigenvalue weighted by atomic mass is 10.1. The Hall–Kier alpha value is -2.13. The van der Waals surface area contributed by atoms with Crippen molar-refractivity contribution in [3.8, 4) is 5.75 Å². The first kappa shape index (κ1) is 15.9. The lowest BCUT2D eigenvalue weighted by Crippen LogP contribution is -2.28. The highest BCUT2D eigenvalue weighted by molar-refractivity contribution is 7.89. The molecule has 0 heterocycles. The first-order chi connectivity index (χ1) is 9.15. The number of aromatic carboxylic acids is 1. The van der Waals surface area contributed by atoms with Crippen LogP contribution in [0.5, 0.6) is 5.75 Å². The summed E-state index contributed by atoms with van der Waals surface area (Å²) in [5.41, 5.74) is 4.55. The molecule has 0 saturated carbocycles. The van der Waals surface area contributed by atoms with Crippen molar-refractivity contribution >= 4 is 21.9 Å². The molecule has 0 unspecified atom stereocenters. The molecule has 1 amide bonds. The maximum atomic E-state index is 12.0. The van der Waals surface area contributed by atoms with Crippen LogP contribution in [0.4, 0.5) is 0 Å². The fourth-order valence-corrected chi connectivity index (χ4v) is 2.80. The molecule has 9 heteroatoms. The number of aromatic hydroxyl groups is 1. The number of nitrogens with one attached hydrogen (secondary N) is 1. The molecule has 0 radical (unpaired) electrons. The zero-order valence-corrected chi connectivity index (χ0v) is 11.4. The van der Waals surface area contributed by atoms with E-state index in [1.807, 2.05) is 0 Å². The summed E-state index contributed by atoms with van der Waals surface area (Å²) < 4.78 is 26.1. The monoisotopic (exact) mass is 302 g/mol. The predicted molar refractivity (Wildman–Crippen MR) is 68.8 cm³/mol. The molecule has 0 fully saturated rings. The molecule has 0 bridgehead atoms. The number of carboxylic acids is 1. The Labute approximate surface area is 115 Å². The van der Waals surface area contributed by atoms with Crippen LogP contribution in [0.15, 0.2) is 17.0 Å². The minimum atomic E-state index is -3.99. The highest BCUT2D eigenvalue weighted by Gasteiger charge is 2.21. The number of nitrogens with two attached hydrogens (primary N) is 1. The quantitative estimate of drug-likeness (QED) is 0.559. The second kappa shape index (κ2) is 5.88. The Kier molecular flexibility index (Phi) is 4.69. The fourth-order valence-electron chi connectivity index (χ4n) is 1.52. The lowest BCUT2D eigenvalue weighted by molar-refractivity contribution is -0.117. The third-order valence-electron chi connectivity index (χ3n) is 2.48. The molecule has 1 aromatic rings. The number of carbonyl (C=O) groups excluding carboxylic acids is 1. The fraction of sp³-hybridized carbons (Fsp3) is 0.273. The predicted octanol–water partition coefficient (Wildman–Crippen LogP) is -0.447. The van der Waals surface area contributed by atoms with Crippen LogP contribution in [0.3, 0.4) is 0 Å². The van der Waals surface area contributed by atoms with Crippen molar-refractivity contribution < 1.29 is 28.2 Å². The summed E-state index contributed by atoms with van der Waals surface area (Å²) in [5.74, 6) is -2.64. The molecule has 8 nitrogen and oxygen atoms in total. The topological polar surface area (TPSA) is 147 Å². The average Bonchev–Trinajstić information content (AvgIpc) is 2.26. The smallest absolute Gasteiger partial charge is 0.339 e. The van der Waals surface area contributed by atoms with Gasteiger partial charge in [0.05, 0.1) is 4.90 Å². The molecule has 0 spiro atoms. The minimum Gasteiger partial charge on any atom is -0.507 e. The van der Waals surface area contributed by atoms with Crippen LogP contribution in [0.2, 0.25) is 0 Å². The van der Waals surface area contributed by atoms with E-state index in [2.05, 4.69) is 4.72 Å². The molecule has 0 aliphatic heterocycles. The largest absolute Gasteiger partial charge is 0.507 e. The van der Waals surface area contributed by atoms with Crippen LogP contribution in [-0.4, -0.2) is 37.1 Å². The van der Waals surface area contributed by atoms with Gasteiger partial charge in [-0.2, -0.15) is 0 Å². The Balaban J connectivity index is 3.14. The first-order valence-corrected chi connectivity index (χ1v) is 6.98.